The molecule has 0 saturated carbocycles. The molecule has 0 aromatic heterocycles. The lowest BCUT2D eigenvalue weighted by Gasteiger charge is -2.46. The van der Waals surface area contributed by atoms with Crippen LogP contribution in [0.15, 0.2) is 60.8 Å². The molecular weight excluding hydrogens is 919 g/mol. The maximum Gasteiger partial charge on any atom is 0.220 e. The van der Waals surface area contributed by atoms with Crippen LogP contribution in [0.25, 0.3) is 0 Å². The molecule has 0 aromatic carbocycles. The Labute approximate surface area is 435 Å². The first-order valence-electron chi connectivity index (χ1n) is 28.5. The Bertz CT molecular complexity index is 1440. The molecule has 14 heteroatoms. The summed E-state index contributed by atoms with van der Waals surface area (Å²) in [5, 5.41) is 86.9. The molecule has 2 fully saturated rings. The Hall–Kier alpha value is -2.31. The number of unbranched alkanes of at least 4 members (excludes halogenated alkanes) is 23. The molecule has 0 radical (unpaired) electrons. The van der Waals surface area contributed by atoms with Gasteiger partial charge in [0, 0.05) is 6.42 Å². The number of ether oxygens (including phenoxy) is 4. The van der Waals surface area contributed by atoms with Crippen LogP contribution < -0.4 is 5.32 Å². The average molecular weight is 1020 g/mol. The van der Waals surface area contributed by atoms with E-state index >= 15 is 0 Å². The van der Waals surface area contributed by atoms with Crippen molar-refractivity contribution in [1.29, 1.82) is 0 Å². The van der Waals surface area contributed by atoms with E-state index < -0.39 is 86.8 Å². The predicted molar refractivity (Wildman–Crippen MR) is 286 cm³/mol. The Morgan fingerprint density at radius 1 is 0.500 bits per heavy atom. The third-order valence-electron chi connectivity index (χ3n) is 13.7. The van der Waals surface area contributed by atoms with Crippen LogP contribution in [-0.4, -0.2) is 140 Å². The Balaban J connectivity index is 1.79. The number of hydrogen-bond acceptors (Lipinski definition) is 13. The van der Waals surface area contributed by atoms with E-state index in [2.05, 4.69) is 67.8 Å². The first-order chi connectivity index (χ1) is 35.1. The molecule has 2 heterocycles. The summed E-state index contributed by atoms with van der Waals surface area (Å²) in [5.74, 6) is -0.258. The van der Waals surface area contributed by atoms with Gasteiger partial charge in [-0.3, -0.25) is 4.79 Å². The molecule has 12 unspecified atom stereocenters. The van der Waals surface area contributed by atoms with Gasteiger partial charge in [-0.2, -0.15) is 0 Å². The van der Waals surface area contributed by atoms with Gasteiger partial charge in [-0.25, -0.2) is 0 Å². The lowest BCUT2D eigenvalue weighted by molar-refractivity contribution is -0.359. The van der Waals surface area contributed by atoms with Gasteiger partial charge >= 0.3 is 0 Å². The van der Waals surface area contributed by atoms with Crippen molar-refractivity contribution in [2.24, 2.45) is 0 Å². The summed E-state index contributed by atoms with van der Waals surface area (Å²) in [7, 11) is 0. The number of hydrogen-bond donors (Lipinski definition) is 9. The molecule has 9 N–H and O–H groups in total. The molecule has 2 rings (SSSR count). The van der Waals surface area contributed by atoms with Crippen LogP contribution in [0.1, 0.15) is 206 Å². The summed E-state index contributed by atoms with van der Waals surface area (Å²) in [6.07, 6.45) is 38.3. The van der Waals surface area contributed by atoms with Crippen molar-refractivity contribution >= 4 is 5.91 Å². The zero-order valence-electron chi connectivity index (χ0n) is 44.7. The molecule has 2 aliphatic heterocycles. The number of amides is 1. The maximum atomic E-state index is 13.2. The van der Waals surface area contributed by atoms with Gasteiger partial charge < -0.3 is 65.1 Å². The van der Waals surface area contributed by atoms with E-state index in [0.29, 0.717) is 12.8 Å². The van der Waals surface area contributed by atoms with E-state index in [1.165, 1.54) is 122 Å². The molecule has 0 spiro atoms. The number of rotatable bonds is 44. The molecule has 12 atom stereocenters. The molecule has 72 heavy (non-hydrogen) atoms. The molecule has 0 aliphatic carbocycles. The average Bonchev–Trinajstić information content (AvgIpc) is 3.38. The second-order valence-corrected chi connectivity index (χ2v) is 20.0. The topological polar surface area (TPSA) is 228 Å². The van der Waals surface area contributed by atoms with Crippen LogP contribution in [0.3, 0.4) is 0 Å². The van der Waals surface area contributed by atoms with Crippen molar-refractivity contribution in [2.45, 2.75) is 280 Å². The zero-order chi connectivity index (χ0) is 52.4. The largest absolute Gasteiger partial charge is 0.394 e. The van der Waals surface area contributed by atoms with E-state index in [1.54, 1.807) is 6.08 Å². The lowest BCUT2D eigenvalue weighted by Crippen LogP contribution is -2.65. The number of carbonyl (C=O) groups excluding carboxylic acids is 1. The predicted octanol–water partition coefficient (Wildman–Crippen LogP) is 9.00. The molecule has 1 amide bonds. The molecular formula is C58H103NO13. The van der Waals surface area contributed by atoms with Crippen molar-refractivity contribution < 1.29 is 64.6 Å². The van der Waals surface area contributed by atoms with Crippen molar-refractivity contribution in [3.05, 3.63) is 60.8 Å². The number of aliphatic hydroxyl groups excluding tert-OH is 8. The molecule has 2 aliphatic rings. The molecule has 0 aromatic rings. The van der Waals surface area contributed by atoms with Gasteiger partial charge in [0.15, 0.2) is 12.6 Å². The van der Waals surface area contributed by atoms with Gasteiger partial charge in [-0.15, -0.1) is 0 Å². The van der Waals surface area contributed by atoms with Crippen molar-refractivity contribution in [2.75, 3.05) is 19.8 Å². The Kier molecular flexibility index (Phi) is 40.1. The van der Waals surface area contributed by atoms with Crippen LogP contribution in [0.5, 0.6) is 0 Å². The molecule has 14 nitrogen and oxygen atoms in total. The monoisotopic (exact) mass is 1020 g/mol. The fourth-order valence-electron chi connectivity index (χ4n) is 9.00. The highest BCUT2D eigenvalue weighted by molar-refractivity contribution is 5.76. The number of allylic oxidation sites excluding steroid dienone is 9. The van der Waals surface area contributed by atoms with Gasteiger partial charge in [-0.1, -0.05) is 184 Å². The SMILES string of the molecule is CCCCCCC/C=C\C/C=C\CCCCCCCCCCCCCC(=O)NC(COC1OC(CO)C(OC2OC(CO)C(O)C(O)C2O)C(O)C1O)C(O)/C=C/CC/C=C/CC/C=C/CCCCCCC. The molecule has 2 saturated heterocycles. The van der Waals surface area contributed by atoms with E-state index in [4.69, 9.17) is 18.9 Å². The highest BCUT2D eigenvalue weighted by Gasteiger charge is 2.51. The van der Waals surface area contributed by atoms with Gasteiger partial charge in [0.2, 0.25) is 5.91 Å². The van der Waals surface area contributed by atoms with E-state index in [9.17, 15) is 45.6 Å². The van der Waals surface area contributed by atoms with Crippen molar-refractivity contribution in [3.63, 3.8) is 0 Å². The highest BCUT2D eigenvalue weighted by Crippen LogP contribution is 2.30. The quantitative estimate of drug-likeness (QED) is 0.0205. The van der Waals surface area contributed by atoms with Crippen molar-refractivity contribution in [3.8, 4) is 0 Å². The number of nitrogens with one attached hydrogen (secondary N) is 1. The fraction of sp³-hybridized carbons (Fsp3) is 0.810. The Morgan fingerprint density at radius 3 is 1.44 bits per heavy atom. The first kappa shape index (κ1) is 65.8. The highest BCUT2D eigenvalue weighted by atomic mass is 16.7. The van der Waals surface area contributed by atoms with Crippen LogP contribution in [0, 0.1) is 0 Å². The summed E-state index contributed by atoms with van der Waals surface area (Å²) >= 11 is 0. The minimum Gasteiger partial charge on any atom is -0.394 e. The Morgan fingerprint density at radius 2 is 0.931 bits per heavy atom. The van der Waals surface area contributed by atoms with Gasteiger partial charge in [0.05, 0.1) is 32.0 Å². The minimum atomic E-state index is -1.79. The van der Waals surface area contributed by atoms with E-state index in [-0.39, 0.29) is 18.9 Å². The summed E-state index contributed by atoms with van der Waals surface area (Å²) in [6, 6.07) is -0.940. The molecule has 0 bridgehead atoms. The maximum absolute atomic E-state index is 13.2. The van der Waals surface area contributed by atoms with Gasteiger partial charge in [0.25, 0.3) is 0 Å². The second-order valence-electron chi connectivity index (χ2n) is 20.0. The second kappa shape index (κ2) is 43.9. The zero-order valence-corrected chi connectivity index (χ0v) is 44.7. The van der Waals surface area contributed by atoms with Crippen LogP contribution >= 0.6 is 0 Å². The summed E-state index contributed by atoms with van der Waals surface area (Å²) in [6.45, 7) is 2.74. The first-order valence-corrected chi connectivity index (χ1v) is 28.5. The van der Waals surface area contributed by atoms with E-state index in [1.807, 2.05) is 6.08 Å². The lowest BCUT2D eigenvalue weighted by atomic mass is 9.97. The third kappa shape index (κ3) is 29.7. The molecule has 418 valence electrons. The standard InChI is InChI=1S/C58H103NO13/c1-3-5-7-9-11-13-15-17-19-20-21-22-23-24-25-26-28-30-32-34-36-38-40-42-50(63)59-46(47(62)41-39-37-35-33-31-29-27-18-16-14-12-10-8-6-4-2)45-69-57-55(68)53(66)56(49(44-61)71-57)72-58-54(67)52(65)51(64)48(43-60)70-58/h15-18,20-21,31,33,39,41,46-49,51-58,60-62,64-68H,3-14,19,22-30,32,34-38,40,42-45H2,1-2H3,(H,59,63)/b17-15-,18-16+,21-20-,33-31+,41-39+. The smallest absolute Gasteiger partial charge is 0.220 e. The van der Waals surface area contributed by atoms with Crippen molar-refractivity contribution in [1.82, 2.24) is 5.32 Å². The van der Waals surface area contributed by atoms with Crippen LogP contribution in [0.4, 0.5) is 0 Å². The van der Waals surface area contributed by atoms with Gasteiger partial charge in [-0.05, 0) is 77.0 Å². The van der Waals surface area contributed by atoms with Crippen LogP contribution in [0.2, 0.25) is 0 Å². The summed E-state index contributed by atoms with van der Waals surface area (Å²) < 4.78 is 22.7. The summed E-state index contributed by atoms with van der Waals surface area (Å²) in [4.78, 5) is 13.2. The number of carbonyl (C=O) groups is 1. The number of aliphatic hydroxyl groups is 8. The third-order valence-corrected chi connectivity index (χ3v) is 13.7. The van der Waals surface area contributed by atoms with Gasteiger partial charge in [0.1, 0.15) is 48.8 Å². The summed E-state index contributed by atoms with van der Waals surface area (Å²) in [5.41, 5.74) is 0. The minimum absolute atomic E-state index is 0.258. The fourth-order valence-corrected chi connectivity index (χ4v) is 9.00. The normalized spacial score (nSPS) is 26.0. The van der Waals surface area contributed by atoms with E-state index in [0.717, 1.165) is 51.4 Å². The van der Waals surface area contributed by atoms with Crippen LogP contribution in [-0.2, 0) is 23.7 Å².